The first-order valence-electron chi connectivity index (χ1n) is 10.1. The lowest BCUT2D eigenvalue weighted by Crippen LogP contribution is -2.69. The van der Waals surface area contributed by atoms with Crippen molar-refractivity contribution in [2.45, 2.75) is 63.8 Å². The topological polar surface area (TPSA) is 94.8 Å². The molecule has 0 radical (unpaired) electrons. The summed E-state index contributed by atoms with van der Waals surface area (Å²) in [5, 5.41) is 32.0. The van der Waals surface area contributed by atoms with Gasteiger partial charge >= 0.3 is 0 Å². The molecule has 0 aliphatic heterocycles. The molecule has 3 saturated carbocycles. The summed E-state index contributed by atoms with van der Waals surface area (Å²) >= 11 is 0. The SMILES string of the molecule is C[C@@H]1C[C@H]2[C@@H]3CCC4=CC(=O)C=C[C@]4(C)[C@@]3(F)[C@H](O)C[C@]2(C)[C@@]1(O)C(=O)CO. The fraction of sp³-hybridized carbons (Fsp3) is 0.727. The summed E-state index contributed by atoms with van der Waals surface area (Å²) in [5.41, 5.74) is -5.17. The number of carbonyl (C=O) groups excluding carboxylic acids is 2. The normalized spacial score (nSPS) is 52.5. The second-order valence-corrected chi connectivity index (χ2v) is 9.75. The number of aliphatic hydroxyl groups is 3. The predicted molar refractivity (Wildman–Crippen MR) is 99.9 cm³/mol. The van der Waals surface area contributed by atoms with E-state index in [0.717, 1.165) is 0 Å². The van der Waals surface area contributed by atoms with E-state index in [0.29, 0.717) is 24.8 Å². The van der Waals surface area contributed by atoms with Crippen molar-refractivity contribution in [2.75, 3.05) is 6.61 Å². The molecular weight excluding hydrogens is 363 g/mol. The lowest BCUT2D eigenvalue weighted by Gasteiger charge is -2.62. The Balaban J connectivity index is 1.84. The smallest absolute Gasteiger partial charge is 0.190 e. The van der Waals surface area contributed by atoms with Crippen LogP contribution in [-0.4, -0.2) is 50.9 Å². The second-order valence-electron chi connectivity index (χ2n) is 9.75. The Kier molecular flexibility index (Phi) is 4.15. The Bertz CT molecular complexity index is 805. The first kappa shape index (κ1) is 19.9. The van der Waals surface area contributed by atoms with Gasteiger partial charge in [0.15, 0.2) is 17.2 Å². The lowest BCUT2D eigenvalue weighted by atomic mass is 9.44. The molecule has 154 valence electrons. The van der Waals surface area contributed by atoms with Crippen LogP contribution in [0, 0.1) is 28.6 Å². The molecule has 5 nitrogen and oxygen atoms in total. The first-order valence-corrected chi connectivity index (χ1v) is 10.1. The summed E-state index contributed by atoms with van der Waals surface area (Å²) < 4.78 is 16.9. The van der Waals surface area contributed by atoms with Crippen molar-refractivity contribution in [1.29, 1.82) is 0 Å². The zero-order valence-electron chi connectivity index (χ0n) is 16.6. The van der Waals surface area contributed by atoms with Gasteiger partial charge in [0, 0.05) is 16.7 Å². The average Bonchev–Trinajstić information content (AvgIpc) is 2.84. The Morgan fingerprint density at radius 1 is 1.32 bits per heavy atom. The summed E-state index contributed by atoms with van der Waals surface area (Å²) in [6.07, 6.45) is 4.44. The average molecular weight is 392 g/mol. The number of hydrogen-bond acceptors (Lipinski definition) is 5. The first-order chi connectivity index (χ1) is 13.0. The Morgan fingerprint density at radius 3 is 2.64 bits per heavy atom. The number of alkyl halides is 1. The zero-order chi connectivity index (χ0) is 20.7. The van der Waals surface area contributed by atoms with E-state index in [4.69, 9.17) is 0 Å². The van der Waals surface area contributed by atoms with Gasteiger partial charge in [0.1, 0.15) is 12.2 Å². The standard InChI is InChI=1S/C22H29FO5/c1-12-8-16-15-5-4-13-9-14(25)6-7-19(13,2)21(15,23)17(26)10-20(16,3)22(12,28)18(27)11-24/h6-7,9,12,15-17,24,26,28H,4-5,8,10-11H2,1-3H3/t12-,15+,16+,17-,19+,20+,21+,22+/m1/s1. The van der Waals surface area contributed by atoms with Crippen LogP contribution in [0.3, 0.4) is 0 Å². The van der Waals surface area contributed by atoms with Gasteiger partial charge in [-0.25, -0.2) is 4.39 Å². The molecule has 0 heterocycles. The Labute approximate surface area is 164 Å². The van der Waals surface area contributed by atoms with E-state index in [2.05, 4.69) is 0 Å². The van der Waals surface area contributed by atoms with Crippen LogP contribution < -0.4 is 0 Å². The summed E-state index contributed by atoms with van der Waals surface area (Å²) in [4.78, 5) is 24.4. The van der Waals surface area contributed by atoms with Gasteiger partial charge in [-0.2, -0.15) is 0 Å². The van der Waals surface area contributed by atoms with Gasteiger partial charge < -0.3 is 15.3 Å². The molecule has 0 aromatic heterocycles. The minimum Gasteiger partial charge on any atom is -0.390 e. The van der Waals surface area contributed by atoms with Crippen LogP contribution in [0.5, 0.6) is 0 Å². The molecule has 0 amide bonds. The van der Waals surface area contributed by atoms with Crippen LogP contribution in [0.1, 0.15) is 46.5 Å². The van der Waals surface area contributed by atoms with Crippen LogP contribution in [-0.2, 0) is 9.59 Å². The number of rotatable bonds is 2. The van der Waals surface area contributed by atoms with Crippen molar-refractivity contribution in [1.82, 2.24) is 0 Å². The molecule has 4 aliphatic carbocycles. The van der Waals surface area contributed by atoms with E-state index < -0.39 is 52.4 Å². The molecule has 4 aliphatic rings. The fourth-order valence-corrected chi connectivity index (χ4v) is 7.26. The molecule has 0 aromatic rings. The van der Waals surface area contributed by atoms with Crippen molar-refractivity contribution >= 4 is 11.6 Å². The maximum Gasteiger partial charge on any atom is 0.190 e. The fourth-order valence-electron chi connectivity index (χ4n) is 7.26. The van der Waals surface area contributed by atoms with Gasteiger partial charge in [0.25, 0.3) is 0 Å². The van der Waals surface area contributed by atoms with E-state index in [1.165, 1.54) is 12.2 Å². The Hall–Kier alpha value is -1.37. The summed E-state index contributed by atoms with van der Waals surface area (Å²) in [5.74, 6) is -2.12. The molecule has 0 bridgehead atoms. The van der Waals surface area contributed by atoms with Gasteiger partial charge in [-0.3, -0.25) is 9.59 Å². The minimum absolute atomic E-state index is 0.0676. The van der Waals surface area contributed by atoms with Crippen LogP contribution >= 0.6 is 0 Å². The molecule has 6 heteroatoms. The van der Waals surface area contributed by atoms with E-state index in [1.54, 1.807) is 26.8 Å². The molecule has 0 saturated heterocycles. The molecule has 0 unspecified atom stereocenters. The van der Waals surface area contributed by atoms with Crippen molar-refractivity contribution in [3.05, 3.63) is 23.8 Å². The molecule has 0 aromatic carbocycles. The minimum atomic E-state index is -1.98. The van der Waals surface area contributed by atoms with Crippen LogP contribution in [0.2, 0.25) is 0 Å². The van der Waals surface area contributed by atoms with E-state index >= 15 is 4.39 Å². The molecule has 4 rings (SSSR count). The molecule has 3 fully saturated rings. The molecule has 3 N–H and O–H groups in total. The highest BCUT2D eigenvalue weighted by Gasteiger charge is 2.75. The number of ketones is 2. The van der Waals surface area contributed by atoms with Crippen molar-refractivity contribution in [3.63, 3.8) is 0 Å². The summed E-state index contributed by atoms with van der Waals surface area (Å²) in [6, 6.07) is 0. The highest BCUT2D eigenvalue weighted by Crippen LogP contribution is 2.70. The third-order valence-corrected chi connectivity index (χ3v) is 8.79. The maximum atomic E-state index is 16.9. The molecule has 28 heavy (non-hydrogen) atoms. The van der Waals surface area contributed by atoms with E-state index in [9.17, 15) is 24.9 Å². The Morgan fingerprint density at radius 2 is 2.00 bits per heavy atom. The maximum absolute atomic E-state index is 16.9. The predicted octanol–water partition coefficient (Wildman–Crippen LogP) is 1.90. The van der Waals surface area contributed by atoms with Gasteiger partial charge in [0.05, 0.1) is 6.10 Å². The number of carbonyl (C=O) groups is 2. The monoisotopic (exact) mass is 392 g/mol. The number of Topliss-reactive ketones (excluding diaryl/α,β-unsaturated/α-hetero) is 1. The summed E-state index contributed by atoms with van der Waals surface area (Å²) in [6.45, 7) is 4.48. The van der Waals surface area contributed by atoms with E-state index in [-0.39, 0.29) is 18.1 Å². The van der Waals surface area contributed by atoms with Gasteiger partial charge in [-0.15, -0.1) is 0 Å². The third-order valence-electron chi connectivity index (χ3n) is 8.79. The zero-order valence-corrected chi connectivity index (χ0v) is 16.6. The largest absolute Gasteiger partial charge is 0.390 e. The number of fused-ring (bicyclic) bond motifs is 5. The number of halogens is 1. The lowest BCUT2D eigenvalue weighted by molar-refractivity contribution is -0.219. The summed E-state index contributed by atoms with van der Waals surface area (Å²) in [7, 11) is 0. The number of aliphatic hydroxyl groups excluding tert-OH is 2. The van der Waals surface area contributed by atoms with Crippen molar-refractivity contribution < 1.29 is 29.3 Å². The van der Waals surface area contributed by atoms with Crippen LogP contribution in [0.4, 0.5) is 4.39 Å². The molecule has 0 spiro atoms. The highest BCUT2D eigenvalue weighted by atomic mass is 19.1. The van der Waals surface area contributed by atoms with Gasteiger partial charge in [-0.05, 0) is 56.6 Å². The third kappa shape index (κ3) is 2.01. The second kappa shape index (κ2) is 5.83. The van der Waals surface area contributed by atoms with Crippen molar-refractivity contribution in [3.8, 4) is 0 Å². The highest BCUT2D eigenvalue weighted by molar-refractivity contribution is 6.01. The van der Waals surface area contributed by atoms with E-state index in [1.807, 2.05) is 0 Å². The van der Waals surface area contributed by atoms with Gasteiger partial charge in [-0.1, -0.05) is 25.5 Å². The number of hydrogen-bond donors (Lipinski definition) is 3. The van der Waals surface area contributed by atoms with Crippen LogP contribution in [0.25, 0.3) is 0 Å². The van der Waals surface area contributed by atoms with Crippen molar-refractivity contribution in [2.24, 2.45) is 28.6 Å². The molecule has 8 atom stereocenters. The number of allylic oxidation sites excluding steroid dienone is 4. The quantitative estimate of drug-likeness (QED) is 0.667. The molecular formula is C22H29FO5. The van der Waals surface area contributed by atoms with Gasteiger partial charge in [0.2, 0.25) is 0 Å². The van der Waals surface area contributed by atoms with Crippen LogP contribution in [0.15, 0.2) is 23.8 Å².